The van der Waals surface area contributed by atoms with E-state index in [9.17, 15) is 4.39 Å². The number of benzene rings is 1. The highest BCUT2D eigenvalue weighted by Gasteiger charge is 2.26. The summed E-state index contributed by atoms with van der Waals surface area (Å²) >= 11 is 0. The molecule has 0 radical (unpaired) electrons. The van der Waals surface area contributed by atoms with E-state index in [4.69, 9.17) is 10.5 Å². The van der Waals surface area contributed by atoms with Gasteiger partial charge in [0.2, 0.25) is 0 Å². The van der Waals surface area contributed by atoms with Crippen LogP contribution in [0.3, 0.4) is 0 Å². The average molecular weight is 265 g/mol. The quantitative estimate of drug-likeness (QED) is 0.891. The van der Waals surface area contributed by atoms with Crippen LogP contribution in [0.1, 0.15) is 50.6 Å². The van der Waals surface area contributed by atoms with E-state index < -0.39 is 0 Å². The summed E-state index contributed by atoms with van der Waals surface area (Å²) in [6.07, 6.45) is 6.11. The zero-order valence-corrected chi connectivity index (χ0v) is 11.9. The summed E-state index contributed by atoms with van der Waals surface area (Å²) in [5.74, 6) is 1.23. The van der Waals surface area contributed by atoms with Gasteiger partial charge in [-0.15, -0.1) is 0 Å². The minimum atomic E-state index is -0.321. The van der Waals surface area contributed by atoms with Crippen LogP contribution in [-0.4, -0.2) is 7.11 Å². The second-order valence-electron chi connectivity index (χ2n) is 5.62. The summed E-state index contributed by atoms with van der Waals surface area (Å²) in [4.78, 5) is 0. The summed E-state index contributed by atoms with van der Waals surface area (Å²) < 4.78 is 18.7. The molecule has 3 atom stereocenters. The van der Waals surface area contributed by atoms with Crippen LogP contribution >= 0.6 is 0 Å². The second kappa shape index (κ2) is 6.38. The molecule has 1 aromatic rings. The van der Waals surface area contributed by atoms with Crippen LogP contribution in [0.2, 0.25) is 0 Å². The van der Waals surface area contributed by atoms with Gasteiger partial charge in [-0.25, -0.2) is 4.39 Å². The largest absolute Gasteiger partial charge is 0.494 e. The highest BCUT2D eigenvalue weighted by atomic mass is 19.1. The third-order valence-electron chi connectivity index (χ3n) is 4.47. The molecule has 1 saturated carbocycles. The number of halogens is 1. The van der Waals surface area contributed by atoms with Gasteiger partial charge in [-0.3, -0.25) is 0 Å². The Morgan fingerprint density at radius 2 is 2.21 bits per heavy atom. The van der Waals surface area contributed by atoms with Crippen LogP contribution in [0, 0.1) is 17.7 Å². The topological polar surface area (TPSA) is 35.2 Å². The SMILES string of the molecule is CCC1CCCC(C(N)c2ccc(OC)c(F)c2)C1. The predicted molar refractivity (Wildman–Crippen MR) is 75.6 cm³/mol. The van der Waals surface area contributed by atoms with Crippen LogP contribution in [-0.2, 0) is 0 Å². The van der Waals surface area contributed by atoms with E-state index in [1.54, 1.807) is 6.07 Å². The first kappa shape index (κ1) is 14.3. The van der Waals surface area contributed by atoms with Gasteiger partial charge < -0.3 is 10.5 Å². The molecule has 0 bridgehead atoms. The van der Waals surface area contributed by atoms with Gasteiger partial charge in [0.15, 0.2) is 11.6 Å². The maximum atomic E-state index is 13.7. The van der Waals surface area contributed by atoms with Gasteiger partial charge in [0.25, 0.3) is 0 Å². The fourth-order valence-corrected chi connectivity index (χ4v) is 3.19. The van der Waals surface area contributed by atoms with E-state index in [-0.39, 0.29) is 17.6 Å². The van der Waals surface area contributed by atoms with Crippen LogP contribution in [0.4, 0.5) is 4.39 Å². The molecule has 1 fully saturated rings. The molecule has 0 aromatic heterocycles. The van der Waals surface area contributed by atoms with E-state index >= 15 is 0 Å². The van der Waals surface area contributed by atoms with E-state index in [0.29, 0.717) is 5.92 Å². The Hall–Kier alpha value is -1.09. The highest BCUT2D eigenvalue weighted by Crippen LogP contribution is 2.37. The first-order valence-electron chi connectivity index (χ1n) is 7.24. The van der Waals surface area contributed by atoms with Crippen molar-refractivity contribution < 1.29 is 9.13 Å². The lowest BCUT2D eigenvalue weighted by Crippen LogP contribution is -2.26. The van der Waals surface area contributed by atoms with E-state index in [1.807, 2.05) is 6.07 Å². The fraction of sp³-hybridized carbons (Fsp3) is 0.625. The Balaban J connectivity index is 2.10. The van der Waals surface area contributed by atoms with Crippen molar-refractivity contribution in [3.05, 3.63) is 29.6 Å². The van der Waals surface area contributed by atoms with Gasteiger partial charge >= 0.3 is 0 Å². The Kier molecular flexibility index (Phi) is 4.81. The number of ether oxygens (including phenoxy) is 1. The molecular weight excluding hydrogens is 241 g/mol. The molecule has 1 aromatic carbocycles. The molecule has 3 heteroatoms. The first-order valence-corrected chi connectivity index (χ1v) is 7.24. The Morgan fingerprint density at radius 1 is 1.42 bits per heavy atom. The van der Waals surface area contributed by atoms with Crippen molar-refractivity contribution in [2.24, 2.45) is 17.6 Å². The molecule has 2 rings (SSSR count). The Morgan fingerprint density at radius 3 is 2.84 bits per heavy atom. The number of hydrogen-bond acceptors (Lipinski definition) is 2. The normalized spacial score (nSPS) is 25.1. The smallest absolute Gasteiger partial charge is 0.165 e. The molecule has 0 saturated heterocycles. The van der Waals surface area contributed by atoms with E-state index in [2.05, 4.69) is 6.92 Å². The van der Waals surface area contributed by atoms with Crippen molar-refractivity contribution in [2.45, 2.75) is 45.1 Å². The second-order valence-corrected chi connectivity index (χ2v) is 5.62. The molecule has 2 nitrogen and oxygen atoms in total. The molecule has 0 amide bonds. The van der Waals surface area contributed by atoms with Gasteiger partial charge in [-0.2, -0.15) is 0 Å². The van der Waals surface area contributed by atoms with Crippen LogP contribution in [0.25, 0.3) is 0 Å². The molecule has 3 unspecified atom stereocenters. The summed E-state index contributed by atoms with van der Waals surface area (Å²) in [5.41, 5.74) is 7.23. The van der Waals surface area contributed by atoms with Crippen LogP contribution < -0.4 is 10.5 Å². The zero-order valence-electron chi connectivity index (χ0n) is 11.9. The zero-order chi connectivity index (χ0) is 13.8. The third kappa shape index (κ3) is 3.27. The lowest BCUT2D eigenvalue weighted by atomic mass is 9.75. The number of methoxy groups -OCH3 is 1. The molecule has 0 heterocycles. The molecule has 2 N–H and O–H groups in total. The minimum Gasteiger partial charge on any atom is -0.494 e. The monoisotopic (exact) mass is 265 g/mol. The van der Waals surface area contributed by atoms with Gasteiger partial charge in [0, 0.05) is 6.04 Å². The number of rotatable bonds is 4. The summed E-state index contributed by atoms with van der Waals surface area (Å²) in [7, 11) is 1.48. The lowest BCUT2D eigenvalue weighted by Gasteiger charge is -2.32. The molecule has 1 aliphatic carbocycles. The van der Waals surface area contributed by atoms with Gasteiger partial charge in [-0.05, 0) is 42.4 Å². The van der Waals surface area contributed by atoms with Gasteiger partial charge in [-0.1, -0.05) is 32.3 Å². The fourth-order valence-electron chi connectivity index (χ4n) is 3.19. The minimum absolute atomic E-state index is 0.0604. The standard InChI is InChI=1S/C16H24FNO/c1-3-11-5-4-6-12(9-11)16(18)13-7-8-15(19-2)14(17)10-13/h7-8,10-12,16H,3-6,9,18H2,1-2H3. The molecule has 0 aliphatic heterocycles. The van der Waals surface area contributed by atoms with Crippen LogP contribution in [0.15, 0.2) is 18.2 Å². The van der Waals surface area contributed by atoms with E-state index in [0.717, 1.165) is 17.9 Å². The number of nitrogens with two attached hydrogens (primary N) is 1. The summed E-state index contributed by atoms with van der Waals surface area (Å²) in [6.45, 7) is 2.24. The molecule has 1 aliphatic rings. The van der Waals surface area contributed by atoms with Gasteiger partial charge in [0.05, 0.1) is 7.11 Å². The van der Waals surface area contributed by atoms with Crippen molar-refractivity contribution in [3.63, 3.8) is 0 Å². The van der Waals surface area contributed by atoms with Gasteiger partial charge in [0.1, 0.15) is 0 Å². The molecule has 19 heavy (non-hydrogen) atoms. The first-order chi connectivity index (χ1) is 9.15. The maximum absolute atomic E-state index is 13.7. The third-order valence-corrected chi connectivity index (χ3v) is 4.47. The summed E-state index contributed by atoms with van der Waals surface area (Å²) in [5, 5.41) is 0. The Labute approximate surface area is 115 Å². The molecule has 106 valence electrons. The Bertz CT molecular complexity index is 421. The average Bonchev–Trinajstić information content (AvgIpc) is 2.46. The molecule has 0 spiro atoms. The summed E-state index contributed by atoms with van der Waals surface area (Å²) in [6, 6.07) is 5.03. The van der Waals surface area contributed by atoms with E-state index in [1.165, 1.54) is 38.9 Å². The van der Waals surface area contributed by atoms with Crippen LogP contribution in [0.5, 0.6) is 5.75 Å². The van der Waals surface area contributed by atoms with Crippen molar-refractivity contribution >= 4 is 0 Å². The highest BCUT2D eigenvalue weighted by molar-refractivity contribution is 5.31. The van der Waals surface area contributed by atoms with Crippen molar-refractivity contribution in [1.82, 2.24) is 0 Å². The van der Waals surface area contributed by atoms with Crippen molar-refractivity contribution in [3.8, 4) is 5.75 Å². The predicted octanol–water partition coefficient (Wildman–Crippen LogP) is 4.05. The maximum Gasteiger partial charge on any atom is 0.165 e. The molecular formula is C16H24FNO. The van der Waals surface area contributed by atoms with Crippen molar-refractivity contribution in [1.29, 1.82) is 0 Å². The lowest BCUT2D eigenvalue weighted by molar-refractivity contribution is 0.230. The van der Waals surface area contributed by atoms with Crippen molar-refractivity contribution in [2.75, 3.05) is 7.11 Å². The number of hydrogen-bond donors (Lipinski definition) is 1.